The Bertz CT molecular complexity index is 1190. The van der Waals surface area contributed by atoms with Crippen molar-refractivity contribution in [3.63, 3.8) is 0 Å². The molecule has 2 heterocycles. The van der Waals surface area contributed by atoms with E-state index in [9.17, 15) is 0 Å². The van der Waals surface area contributed by atoms with Crippen molar-refractivity contribution >= 4 is 28.9 Å². The van der Waals surface area contributed by atoms with Gasteiger partial charge in [0.15, 0.2) is 17.1 Å². The van der Waals surface area contributed by atoms with Gasteiger partial charge in [-0.05, 0) is 75.1 Å². The summed E-state index contributed by atoms with van der Waals surface area (Å²) >= 11 is 12.2. The van der Waals surface area contributed by atoms with Crippen molar-refractivity contribution in [3.8, 4) is 22.9 Å². The van der Waals surface area contributed by atoms with Crippen molar-refractivity contribution < 1.29 is 18.8 Å². The Hall–Kier alpha value is -2.74. The highest BCUT2D eigenvalue weighted by molar-refractivity contribution is 6.35. The van der Waals surface area contributed by atoms with Gasteiger partial charge >= 0.3 is 0 Å². The van der Waals surface area contributed by atoms with E-state index in [1.807, 2.05) is 31.2 Å². The Morgan fingerprint density at radius 3 is 2.52 bits per heavy atom. The highest BCUT2D eigenvalue weighted by atomic mass is 35.5. The molecular formula is C24H23Cl2N3O4. The standard InChI is InChI=1S/C24H23Cl2N3O4/c1-24(23-27-22(29-32-23)15-9-16(25)12-17(26)10-15)13-19(28-33-24)14-7-8-20(30-2)21(11-14)31-18-5-3-4-6-18/h7-13,18,28H,3-6H2,1-2H3. The SMILES string of the molecule is COc1ccc(C2=CC(C)(c3nc(-c4cc(Cl)cc(Cl)c4)no3)ON2)cc1OC1CCCC1. The minimum Gasteiger partial charge on any atom is -0.493 e. The third-order valence-corrected chi connectivity index (χ3v) is 6.27. The second-order valence-electron chi connectivity index (χ2n) is 8.34. The number of rotatable bonds is 6. The van der Waals surface area contributed by atoms with Gasteiger partial charge in [-0.1, -0.05) is 28.4 Å². The number of hydroxylamine groups is 1. The number of nitrogens with zero attached hydrogens (tertiary/aromatic N) is 2. The minimum absolute atomic E-state index is 0.220. The Morgan fingerprint density at radius 2 is 1.79 bits per heavy atom. The molecule has 0 radical (unpaired) electrons. The molecule has 1 unspecified atom stereocenters. The zero-order valence-electron chi connectivity index (χ0n) is 18.2. The fourth-order valence-corrected chi connectivity index (χ4v) is 4.62. The van der Waals surface area contributed by atoms with E-state index in [1.165, 1.54) is 12.8 Å². The number of methoxy groups -OCH3 is 1. The number of aromatic nitrogens is 2. The van der Waals surface area contributed by atoms with Crippen LogP contribution in [0.3, 0.4) is 0 Å². The van der Waals surface area contributed by atoms with Crippen LogP contribution in [-0.2, 0) is 10.4 Å². The Balaban J connectivity index is 1.41. The van der Waals surface area contributed by atoms with Gasteiger partial charge in [0.2, 0.25) is 5.82 Å². The van der Waals surface area contributed by atoms with Crippen LogP contribution in [0.4, 0.5) is 0 Å². The summed E-state index contributed by atoms with van der Waals surface area (Å²) in [4.78, 5) is 10.4. The van der Waals surface area contributed by atoms with E-state index >= 15 is 0 Å². The third kappa shape index (κ3) is 4.53. The molecule has 1 fully saturated rings. The zero-order chi connectivity index (χ0) is 23.0. The van der Waals surface area contributed by atoms with E-state index in [0.29, 0.717) is 33.1 Å². The Labute approximate surface area is 201 Å². The first kappa shape index (κ1) is 22.1. The number of benzene rings is 2. The topological polar surface area (TPSA) is 78.6 Å². The van der Waals surface area contributed by atoms with E-state index in [4.69, 9.17) is 42.0 Å². The maximum atomic E-state index is 6.22. The van der Waals surface area contributed by atoms with Gasteiger partial charge in [-0.25, -0.2) is 0 Å². The van der Waals surface area contributed by atoms with E-state index in [0.717, 1.165) is 29.9 Å². The van der Waals surface area contributed by atoms with Gasteiger partial charge in [0.25, 0.3) is 5.89 Å². The molecule has 1 aliphatic heterocycles. The molecule has 0 spiro atoms. The summed E-state index contributed by atoms with van der Waals surface area (Å²) < 4.78 is 17.2. The van der Waals surface area contributed by atoms with Crippen LogP contribution in [0.2, 0.25) is 10.0 Å². The summed E-state index contributed by atoms with van der Waals surface area (Å²) in [6, 6.07) is 10.9. The molecule has 7 nitrogen and oxygen atoms in total. The molecule has 5 rings (SSSR count). The second-order valence-corrected chi connectivity index (χ2v) is 9.21. The maximum absolute atomic E-state index is 6.22. The Kier molecular flexibility index (Phi) is 5.95. The number of hydrogen-bond donors (Lipinski definition) is 1. The van der Waals surface area contributed by atoms with Gasteiger partial charge in [0, 0.05) is 21.2 Å². The lowest BCUT2D eigenvalue weighted by Crippen LogP contribution is -2.23. The molecule has 3 aromatic rings. The van der Waals surface area contributed by atoms with Gasteiger partial charge in [-0.2, -0.15) is 4.98 Å². The molecule has 9 heteroatoms. The van der Waals surface area contributed by atoms with Gasteiger partial charge in [0.1, 0.15) is 0 Å². The van der Waals surface area contributed by atoms with E-state index in [-0.39, 0.29) is 6.10 Å². The van der Waals surface area contributed by atoms with Crippen LogP contribution in [0.15, 0.2) is 47.0 Å². The molecule has 2 aromatic carbocycles. The molecule has 1 atom stereocenters. The normalized spacial score (nSPS) is 20.5. The first-order valence-corrected chi connectivity index (χ1v) is 11.5. The predicted molar refractivity (Wildman–Crippen MR) is 125 cm³/mol. The average Bonchev–Trinajstić information content (AvgIpc) is 3.55. The minimum atomic E-state index is -0.963. The summed E-state index contributed by atoms with van der Waals surface area (Å²) in [5.74, 6) is 2.09. The number of ether oxygens (including phenoxy) is 2. The van der Waals surface area contributed by atoms with Crippen LogP contribution in [0.25, 0.3) is 17.1 Å². The second kappa shape index (κ2) is 8.89. The van der Waals surface area contributed by atoms with Crippen molar-refractivity contribution in [2.24, 2.45) is 0 Å². The van der Waals surface area contributed by atoms with Crippen molar-refractivity contribution in [3.05, 3.63) is 64.0 Å². The first-order valence-electron chi connectivity index (χ1n) is 10.8. The molecule has 1 N–H and O–H groups in total. The quantitative estimate of drug-likeness (QED) is 0.445. The number of nitrogens with one attached hydrogen (secondary N) is 1. The summed E-state index contributed by atoms with van der Waals surface area (Å²) in [6.07, 6.45) is 6.63. The molecule has 0 bridgehead atoms. The highest BCUT2D eigenvalue weighted by Gasteiger charge is 2.38. The largest absolute Gasteiger partial charge is 0.493 e. The van der Waals surface area contributed by atoms with Crippen LogP contribution in [0.1, 0.15) is 44.1 Å². The number of halogens is 2. The maximum Gasteiger partial charge on any atom is 0.265 e. The van der Waals surface area contributed by atoms with Crippen molar-refractivity contribution in [2.75, 3.05) is 7.11 Å². The van der Waals surface area contributed by atoms with Crippen LogP contribution in [-0.4, -0.2) is 23.4 Å². The summed E-state index contributed by atoms with van der Waals surface area (Å²) in [5, 5.41) is 5.06. The van der Waals surface area contributed by atoms with Gasteiger partial charge in [-0.3, -0.25) is 10.3 Å². The van der Waals surface area contributed by atoms with Crippen LogP contribution >= 0.6 is 23.2 Å². The molecule has 2 aliphatic rings. The average molecular weight is 488 g/mol. The smallest absolute Gasteiger partial charge is 0.265 e. The van der Waals surface area contributed by atoms with Crippen molar-refractivity contribution in [1.29, 1.82) is 0 Å². The monoisotopic (exact) mass is 487 g/mol. The van der Waals surface area contributed by atoms with Crippen LogP contribution in [0.5, 0.6) is 11.5 Å². The lowest BCUT2D eigenvalue weighted by molar-refractivity contribution is -0.0445. The molecular weight excluding hydrogens is 465 g/mol. The summed E-state index contributed by atoms with van der Waals surface area (Å²) in [5.41, 5.74) is 4.34. The van der Waals surface area contributed by atoms with E-state index in [2.05, 4.69) is 15.6 Å². The molecule has 1 aliphatic carbocycles. The van der Waals surface area contributed by atoms with E-state index < -0.39 is 5.60 Å². The molecule has 0 saturated heterocycles. The molecule has 1 aromatic heterocycles. The first-order chi connectivity index (χ1) is 15.9. The lowest BCUT2D eigenvalue weighted by Gasteiger charge is -2.17. The fraction of sp³-hybridized carbons (Fsp3) is 0.333. The summed E-state index contributed by atoms with van der Waals surface area (Å²) in [7, 11) is 1.64. The van der Waals surface area contributed by atoms with E-state index in [1.54, 1.807) is 25.3 Å². The Morgan fingerprint density at radius 1 is 1.03 bits per heavy atom. The zero-order valence-corrected chi connectivity index (χ0v) is 19.7. The van der Waals surface area contributed by atoms with Gasteiger partial charge in [0.05, 0.1) is 18.9 Å². The lowest BCUT2D eigenvalue weighted by atomic mass is 10.0. The van der Waals surface area contributed by atoms with Crippen molar-refractivity contribution in [2.45, 2.75) is 44.3 Å². The van der Waals surface area contributed by atoms with Crippen LogP contribution < -0.4 is 15.0 Å². The molecule has 33 heavy (non-hydrogen) atoms. The fourth-order valence-electron chi connectivity index (χ4n) is 4.09. The van der Waals surface area contributed by atoms with Crippen molar-refractivity contribution in [1.82, 2.24) is 15.6 Å². The van der Waals surface area contributed by atoms with Gasteiger partial charge < -0.3 is 14.0 Å². The van der Waals surface area contributed by atoms with Crippen LogP contribution in [0, 0.1) is 0 Å². The highest BCUT2D eigenvalue weighted by Crippen LogP contribution is 2.38. The third-order valence-electron chi connectivity index (χ3n) is 5.83. The molecule has 172 valence electrons. The van der Waals surface area contributed by atoms with Gasteiger partial charge in [-0.15, -0.1) is 0 Å². The predicted octanol–water partition coefficient (Wildman–Crippen LogP) is 6.16. The molecule has 1 saturated carbocycles. The molecule has 0 amide bonds. The number of hydrogen-bond acceptors (Lipinski definition) is 7. The summed E-state index contributed by atoms with van der Waals surface area (Å²) in [6.45, 7) is 1.84.